The average molecular weight is 237 g/mol. The maximum absolute atomic E-state index is 11.2. The van der Waals surface area contributed by atoms with Gasteiger partial charge in [0.2, 0.25) is 0 Å². The molecule has 0 radical (unpaired) electrons. The molecule has 3 atom stereocenters. The summed E-state index contributed by atoms with van der Waals surface area (Å²) in [4.78, 5) is 11.5. The van der Waals surface area contributed by atoms with Gasteiger partial charge in [0, 0.05) is 11.4 Å². The number of rotatable bonds is 2. The minimum Gasteiger partial charge on any atom is -0.469 e. The Morgan fingerprint density at radius 1 is 1.67 bits per heavy atom. The summed E-state index contributed by atoms with van der Waals surface area (Å²) in [6.07, 6.45) is 1.63. The number of alkyl halides is 1. The summed E-state index contributed by atoms with van der Waals surface area (Å²) in [7, 11) is 1.39. The smallest absolute Gasteiger partial charge is 0.309 e. The van der Waals surface area contributed by atoms with E-state index >= 15 is 0 Å². The first kappa shape index (κ1) is 9.99. The zero-order valence-electron chi connectivity index (χ0n) is 7.00. The molecule has 4 heteroatoms. The molecule has 1 aliphatic rings. The normalized spacial score (nSPS) is 35.1. The van der Waals surface area contributed by atoms with E-state index in [4.69, 9.17) is 5.11 Å². The van der Waals surface area contributed by atoms with Gasteiger partial charge in [-0.3, -0.25) is 4.79 Å². The lowest BCUT2D eigenvalue weighted by molar-refractivity contribution is -0.147. The summed E-state index contributed by atoms with van der Waals surface area (Å²) in [5, 5.41) is 8.97. The van der Waals surface area contributed by atoms with Gasteiger partial charge in [0.25, 0.3) is 0 Å². The molecule has 1 aliphatic carbocycles. The van der Waals surface area contributed by atoms with Crippen molar-refractivity contribution in [1.82, 2.24) is 0 Å². The monoisotopic (exact) mass is 236 g/mol. The number of halogens is 1. The molecule has 12 heavy (non-hydrogen) atoms. The van der Waals surface area contributed by atoms with E-state index in [-0.39, 0.29) is 24.4 Å². The third-order valence-corrected chi connectivity index (χ3v) is 3.12. The number of aliphatic hydroxyl groups excluding tert-OH is 1. The van der Waals surface area contributed by atoms with Crippen molar-refractivity contribution in [2.45, 2.75) is 17.7 Å². The van der Waals surface area contributed by atoms with Gasteiger partial charge < -0.3 is 9.84 Å². The van der Waals surface area contributed by atoms with Crippen LogP contribution in [0.15, 0.2) is 0 Å². The maximum Gasteiger partial charge on any atom is 0.309 e. The average Bonchev–Trinajstić information content (AvgIpc) is 2.45. The van der Waals surface area contributed by atoms with Crippen molar-refractivity contribution in [2.24, 2.45) is 11.8 Å². The van der Waals surface area contributed by atoms with E-state index < -0.39 is 0 Å². The van der Waals surface area contributed by atoms with Gasteiger partial charge in [-0.1, -0.05) is 15.9 Å². The Bertz CT molecular complexity index is 172. The fourth-order valence-electron chi connectivity index (χ4n) is 1.70. The Balaban J connectivity index is 2.57. The van der Waals surface area contributed by atoms with Crippen LogP contribution in [0.25, 0.3) is 0 Å². The summed E-state index contributed by atoms with van der Waals surface area (Å²) in [5.74, 6) is -0.248. The second-order valence-electron chi connectivity index (χ2n) is 3.14. The van der Waals surface area contributed by atoms with Crippen LogP contribution in [0.2, 0.25) is 0 Å². The van der Waals surface area contributed by atoms with Crippen molar-refractivity contribution in [3.8, 4) is 0 Å². The van der Waals surface area contributed by atoms with Gasteiger partial charge in [-0.05, 0) is 18.8 Å². The van der Waals surface area contributed by atoms with E-state index in [0.29, 0.717) is 4.83 Å². The third kappa shape index (κ3) is 1.98. The van der Waals surface area contributed by atoms with Crippen LogP contribution in [-0.2, 0) is 9.53 Å². The van der Waals surface area contributed by atoms with Gasteiger partial charge in [-0.2, -0.15) is 0 Å². The van der Waals surface area contributed by atoms with E-state index in [9.17, 15) is 4.79 Å². The molecule has 3 nitrogen and oxygen atoms in total. The zero-order chi connectivity index (χ0) is 9.14. The third-order valence-electron chi connectivity index (χ3n) is 2.38. The van der Waals surface area contributed by atoms with Crippen molar-refractivity contribution < 1.29 is 14.6 Å². The number of carbonyl (C=O) groups excluding carboxylic acids is 1. The van der Waals surface area contributed by atoms with E-state index in [1.54, 1.807) is 0 Å². The fourth-order valence-corrected chi connectivity index (χ4v) is 2.58. The number of ether oxygens (including phenoxy) is 1. The number of methoxy groups -OCH3 is 1. The first-order chi connectivity index (χ1) is 5.69. The van der Waals surface area contributed by atoms with Crippen LogP contribution in [-0.4, -0.2) is 29.6 Å². The summed E-state index contributed by atoms with van der Waals surface area (Å²) >= 11 is 3.44. The molecule has 0 spiro atoms. The number of carbonyl (C=O) groups is 1. The van der Waals surface area contributed by atoms with E-state index in [0.717, 1.165) is 12.8 Å². The molecule has 0 aromatic heterocycles. The summed E-state index contributed by atoms with van der Waals surface area (Å²) in [5.41, 5.74) is 0. The predicted molar refractivity (Wildman–Crippen MR) is 48.0 cm³/mol. The molecule has 1 fully saturated rings. The Kier molecular flexibility index (Phi) is 3.53. The first-order valence-electron chi connectivity index (χ1n) is 4.01. The molecule has 70 valence electrons. The highest BCUT2D eigenvalue weighted by Gasteiger charge is 2.37. The SMILES string of the molecule is COC(=O)[C@H]1C[C@@H](Br)C[C@H]1CO. The van der Waals surface area contributed by atoms with Crippen LogP contribution in [0.4, 0.5) is 0 Å². The molecule has 0 aliphatic heterocycles. The van der Waals surface area contributed by atoms with Crippen LogP contribution in [0.1, 0.15) is 12.8 Å². The summed E-state index contributed by atoms with van der Waals surface area (Å²) in [6, 6.07) is 0. The highest BCUT2D eigenvalue weighted by molar-refractivity contribution is 9.09. The van der Waals surface area contributed by atoms with E-state index in [1.807, 2.05) is 0 Å². The van der Waals surface area contributed by atoms with Crippen LogP contribution >= 0.6 is 15.9 Å². The molecule has 0 unspecified atom stereocenters. The van der Waals surface area contributed by atoms with Gasteiger partial charge in [0.1, 0.15) is 0 Å². The van der Waals surface area contributed by atoms with Crippen molar-refractivity contribution in [3.63, 3.8) is 0 Å². The highest BCUT2D eigenvalue weighted by atomic mass is 79.9. The number of esters is 1. The van der Waals surface area contributed by atoms with Crippen LogP contribution in [0.3, 0.4) is 0 Å². The minimum atomic E-state index is -0.198. The fraction of sp³-hybridized carbons (Fsp3) is 0.875. The van der Waals surface area contributed by atoms with Crippen LogP contribution in [0, 0.1) is 11.8 Å². The largest absolute Gasteiger partial charge is 0.469 e. The number of aliphatic hydroxyl groups is 1. The molecule has 0 aromatic carbocycles. The van der Waals surface area contributed by atoms with Crippen molar-refractivity contribution in [2.75, 3.05) is 13.7 Å². The predicted octanol–water partition coefficient (Wildman–Crippen LogP) is 0.941. The number of hydrogen-bond acceptors (Lipinski definition) is 3. The van der Waals surface area contributed by atoms with E-state index in [1.165, 1.54) is 7.11 Å². The van der Waals surface area contributed by atoms with Crippen molar-refractivity contribution in [1.29, 1.82) is 0 Å². The molecule has 1 rings (SSSR count). The van der Waals surface area contributed by atoms with Gasteiger partial charge in [-0.15, -0.1) is 0 Å². The quantitative estimate of drug-likeness (QED) is 0.574. The second kappa shape index (κ2) is 4.23. The van der Waals surface area contributed by atoms with Crippen LogP contribution < -0.4 is 0 Å². The minimum absolute atomic E-state index is 0.0711. The molecule has 0 saturated heterocycles. The topological polar surface area (TPSA) is 46.5 Å². The number of hydrogen-bond donors (Lipinski definition) is 1. The van der Waals surface area contributed by atoms with Crippen LogP contribution in [0.5, 0.6) is 0 Å². The van der Waals surface area contributed by atoms with Crippen molar-refractivity contribution in [3.05, 3.63) is 0 Å². The lowest BCUT2D eigenvalue weighted by atomic mass is 9.97. The Morgan fingerprint density at radius 3 is 2.83 bits per heavy atom. The van der Waals surface area contributed by atoms with Gasteiger partial charge >= 0.3 is 5.97 Å². The lowest BCUT2D eigenvalue weighted by Crippen LogP contribution is -2.22. The second-order valence-corrected chi connectivity index (χ2v) is 4.44. The van der Waals surface area contributed by atoms with Gasteiger partial charge in [0.15, 0.2) is 0 Å². The maximum atomic E-state index is 11.2. The Hall–Kier alpha value is -0.0900. The highest BCUT2D eigenvalue weighted by Crippen LogP contribution is 2.36. The van der Waals surface area contributed by atoms with Crippen molar-refractivity contribution >= 4 is 21.9 Å². The molecule has 0 heterocycles. The van der Waals surface area contributed by atoms with Gasteiger partial charge in [-0.25, -0.2) is 0 Å². The first-order valence-corrected chi connectivity index (χ1v) is 4.93. The zero-order valence-corrected chi connectivity index (χ0v) is 8.58. The molecule has 1 N–H and O–H groups in total. The Morgan fingerprint density at radius 2 is 2.33 bits per heavy atom. The van der Waals surface area contributed by atoms with E-state index in [2.05, 4.69) is 20.7 Å². The molecule has 0 bridgehead atoms. The Labute approximate surface area is 80.2 Å². The lowest BCUT2D eigenvalue weighted by Gasteiger charge is -2.13. The molecular formula is C8H13BrO3. The molecule has 1 saturated carbocycles. The standard InChI is InChI=1S/C8H13BrO3/c1-12-8(11)7-3-6(9)2-5(7)4-10/h5-7,10H,2-4H2,1H3/t5-,6-,7-/m0/s1. The molecule has 0 amide bonds. The summed E-state index contributed by atoms with van der Waals surface area (Å²) < 4.78 is 4.64. The summed E-state index contributed by atoms with van der Waals surface area (Å²) in [6.45, 7) is 0.0713. The van der Waals surface area contributed by atoms with Gasteiger partial charge in [0.05, 0.1) is 13.0 Å². The molecular weight excluding hydrogens is 224 g/mol. The molecule has 0 aromatic rings.